The molecule has 0 saturated carbocycles. The molecule has 0 fully saturated rings. The minimum Gasteiger partial charge on any atom is -0.273 e. The van der Waals surface area contributed by atoms with E-state index >= 15 is 0 Å². The molecular weight excluding hydrogens is 226 g/mol. The second-order valence-corrected chi connectivity index (χ2v) is 3.90. The summed E-state index contributed by atoms with van der Waals surface area (Å²) in [5.41, 5.74) is 1.97. The third-order valence-electron chi connectivity index (χ3n) is 2.47. The zero-order chi connectivity index (χ0) is 11.7. The van der Waals surface area contributed by atoms with E-state index in [0.29, 0.717) is 5.28 Å². The van der Waals surface area contributed by atoms with Gasteiger partial charge in [-0.25, -0.2) is 0 Å². The average Bonchev–Trinajstić information content (AvgIpc) is 2.80. The number of aromatic nitrogens is 5. The van der Waals surface area contributed by atoms with E-state index in [1.54, 1.807) is 4.68 Å². The summed E-state index contributed by atoms with van der Waals surface area (Å²) in [4.78, 5) is 0. The third kappa shape index (κ3) is 1.71. The quantitative estimate of drug-likeness (QED) is 0.820. The first-order valence-electron chi connectivity index (χ1n) is 5.30. The van der Waals surface area contributed by atoms with Crippen molar-refractivity contribution in [3.8, 4) is 5.69 Å². The third-order valence-corrected chi connectivity index (χ3v) is 2.71. The maximum atomic E-state index is 6.05. The molecule has 0 aliphatic carbocycles. The lowest BCUT2D eigenvalue weighted by Gasteiger charge is -2.04. The van der Waals surface area contributed by atoms with E-state index < -0.39 is 0 Å². The monoisotopic (exact) mass is 239 g/mol. The summed E-state index contributed by atoms with van der Waals surface area (Å²) in [6.07, 6.45) is 3.58. The smallest absolute Gasteiger partial charge is 0.229 e. The summed E-state index contributed by atoms with van der Waals surface area (Å²) in [5, 5.41) is 12.7. The first-order chi connectivity index (χ1) is 7.67. The van der Waals surface area contributed by atoms with E-state index in [0.717, 1.165) is 30.0 Å². The van der Waals surface area contributed by atoms with Crippen molar-refractivity contribution in [3.63, 3.8) is 0 Å². The van der Waals surface area contributed by atoms with Crippen molar-refractivity contribution in [2.75, 3.05) is 0 Å². The van der Waals surface area contributed by atoms with Crippen molar-refractivity contribution in [1.82, 2.24) is 24.5 Å². The van der Waals surface area contributed by atoms with Gasteiger partial charge in [-0.3, -0.25) is 9.25 Å². The van der Waals surface area contributed by atoms with Crippen molar-refractivity contribution in [2.24, 2.45) is 7.05 Å². The van der Waals surface area contributed by atoms with Gasteiger partial charge in [0.25, 0.3) is 0 Å². The zero-order valence-electron chi connectivity index (χ0n) is 9.61. The average molecular weight is 240 g/mol. The van der Waals surface area contributed by atoms with Gasteiger partial charge in [0.1, 0.15) is 5.82 Å². The maximum Gasteiger partial charge on any atom is 0.229 e. The fourth-order valence-electron chi connectivity index (χ4n) is 1.72. The van der Waals surface area contributed by atoms with Gasteiger partial charge >= 0.3 is 0 Å². The highest BCUT2D eigenvalue weighted by molar-refractivity contribution is 6.28. The standard InChI is InChI=1S/C10H14ClN5/c1-4-7-8(6-15(3)14-7)16-9(5-2)12-13-10(16)11/h6H,4-5H2,1-3H3. The van der Waals surface area contributed by atoms with Crippen LogP contribution >= 0.6 is 11.6 Å². The Kier molecular flexibility index (Phi) is 2.96. The van der Waals surface area contributed by atoms with Crippen LogP contribution in [-0.4, -0.2) is 24.5 Å². The maximum absolute atomic E-state index is 6.05. The molecule has 0 radical (unpaired) electrons. The highest BCUT2D eigenvalue weighted by Gasteiger charge is 2.15. The normalized spacial score (nSPS) is 11.0. The molecule has 16 heavy (non-hydrogen) atoms. The van der Waals surface area contributed by atoms with Gasteiger partial charge in [-0.05, 0) is 18.0 Å². The molecular formula is C10H14ClN5. The summed E-state index contributed by atoms with van der Waals surface area (Å²) >= 11 is 6.05. The van der Waals surface area contributed by atoms with Gasteiger partial charge in [0, 0.05) is 19.7 Å². The van der Waals surface area contributed by atoms with E-state index in [2.05, 4.69) is 22.2 Å². The Morgan fingerprint density at radius 3 is 2.62 bits per heavy atom. The molecule has 0 aliphatic heterocycles. The number of hydrogen-bond donors (Lipinski definition) is 0. The minimum absolute atomic E-state index is 0.388. The Morgan fingerprint density at radius 1 is 1.25 bits per heavy atom. The van der Waals surface area contributed by atoms with Crippen molar-refractivity contribution in [1.29, 1.82) is 0 Å². The van der Waals surface area contributed by atoms with Gasteiger partial charge in [0.05, 0.1) is 11.4 Å². The van der Waals surface area contributed by atoms with Crippen LogP contribution in [0.1, 0.15) is 25.4 Å². The molecule has 86 valence electrons. The van der Waals surface area contributed by atoms with Crippen molar-refractivity contribution >= 4 is 11.6 Å². The summed E-state index contributed by atoms with van der Waals surface area (Å²) in [6, 6.07) is 0. The molecule has 0 atom stereocenters. The van der Waals surface area contributed by atoms with Gasteiger partial charge in [-0.1, -0.05) is 13.8 Å². The molecule has 6 heteroatoms. The van der Waals surface area contributed by atoms with Gasteiger partial charge in [-0.15, -0.1) is 10.2 Å². The zero-order valence-corrected chi connectivity index (χ0v) is 10.4. The van der Waals surface area contributed by atoms with Crippen molar-refractivity contribution in [2.45, 2.75) is 26.7 Å². The Hall–Kier alpha value is -1.36. The number of hydrogen-bond acceptors (Lipinski definition) is 3. The molecule has 0 unspecified atom stereocenters. The lowest BCUT2D eigenvalue weighted by Crippen LogP contribution is -2.02. The van der Waals surface area contributed by atoms with Crippen LogP contribution < -0.4 is 0 Å². The Labute approximate surface area is 99.1 Å². The van der Waals surface area contributed by atoms with Crippen LogP contribution in [0.2, 0.25) is 5.28 Å². The first-order valence-corrected chi connectivity index (χ1v) is 5.67. The summed E-state index contributed by atoms with van der Waals surface area (Å²) in [5.74, 6) is 0.854. The van der Waals surface area contributed by atoms with Gasteiger partial charge in [0.15, 0.2) is 0 Å². The first kappa shape index (κ1) is 11.1. The molecule has 5 nitrogen and oxygen atoms in total. The minimum atomic E-state index is 0.388. The second-order valence-electron chi connectivity index (χ2n) is 3.56. The van der Waals surface area contributed by atoms with Crippen LogP contribution in [0.4, 0.5) is 0 Å². The highest BCUT2D eigenvalue weighted by Crippen LogP contribution is 2.20. The molecule has 0 saturated heterocycles. The lowest BCUT2D eigenvalue weighted by atomic mass is 10.3. The number of halogens is 1. The predicted molar refractivity (Wildman–Crippen MR) is 61.9 cm³/mol. The SMILES string of the molecule is CCc1nn(C)cc1-n1c(Cl)nnc1CC. The van der Waals surface area contributed by atoms with E-state index in [1.165, 1.54) is 0 Å². The van der Waals surface area contributed by atoms with Gasteiger partial charge in [-0.2, -0.15) is 5.10 Å². The van der Waals surface area contributed by atoms with Crippen LogP contribution in [0, 0.1) is 0 Å². The van der Waals surface area contributed by atoms with E-state index in [1.807, 2.05) is 24.7 Å². The summed E-state index contributed by atoms with van der Waals surface area (Å²) in [6.45, 7) is 4.09. The molecule has 0 amide bonds. The molecule has 2 rings (SSSR count). The van der Waals surface area contributed by atoms with Crippen molar-refractivity contribution in [3.05, 3.63) is 23.0 Å². The molecule has 0 aliphatic rings. The number of aryl methyl sites for hydroxylation is 3. The van der Waals surface area contributed by atoms with E-state index in [-0.39, 0.29) is 0 Å². The molecule has 2 heterocycles. The van der Waals surface area contributed by atoms with Crippen LogP contribution in [0.25, 0.3) is 5.69 Å². The van der Waals surface area contributed by atoms with Gasteiger partial charge in [0.2, 0.25) is 5.28 Å². The molecule has 0 bridgehead atoms. The number of nitrogens with zero attached hydrogens (tertiary/aromatic N) is 5. The van der Waals surface area contributed by atoms with Crippen LogP contribution in [0.15, 0.2) is 6.20 Å². The molecule has 0 N–H and O–H groups in total. The molecule has 0 spiro atoms. The topological polar surface area (TPSA) is 48.5 Å². The number of rotatable bonds is 3. The Bertz CT molecular complexity index is 499. The fraction of sp³-hybridized carbons (Fsp3) is 0.500. The summed E-state index contributed by atoms with van der Waals surface area (Å²) in [7, 11) is 1.90. The Morgan fingerprint density at radius 2 is 2.00 bits per heavy atom. The van der Waals surface area contributed by atoms with Crippen LogP contribution in [-0.2, 0) is 19.9 Å². The molecule has 2 aromatic heterocycles. The molecule has 2 aromatic rings. The van der Waals surface area contributed by atoms with Crippen LogP contribution in [0.3, 0.4) is 0 Å². The summed E-state index contributed by atoms with van der Waals surface area (Å²) < 4.78 is 3.64. The van der Waals surface area contributed by atoms with Crippen LogP contribution in [0.5, 0.6) is 0 Å². The van der Waals surface area contributed by atoms with Crippen molar-refractivity contribution < 1.29 is 0 Å². The largest absolute Gasteiger partial charge is 0.273 e. The molecule has 0 aromatic carbocycles. The predicted octanol–water partition coefficient (Wildman–Crippen LogP) is 1.78. The second kappa shape index (κ2) is 4.25. The Balaban J connectivity index is 2.61. The van der Waals surface area contributed by atoms with E-state index in [9.17, 15) is 0 Å². The van der Waals surface area contributed by atoms with Gasteiger partial charge < -0.3 is 0 Å². The lowest BCUT2D eigenvalue weighted by molar-refractivity contribution is 0.746. The fourth-order valence-corrected chi connectivity index (χ4v) is 1.95. The highest BCUT2D eigenvalue weighted by atomic mass is 35.5. The van der Waals surface area contributed by atoms with E-state index in [4.69, 9.17) is 11.6 Å².